The van der Waals surface area contributed by atoms with Crippen molar-refractivity contribution in [3.05, 3.63) is 59.8 Å². The Hall–Kier alpha value is -3.32. The predicted octanol–water partition coefficient (Wildman–Crippen LogP) is 2.88. The van der Waals surface area contributed by atoms with Crippen LogP contribution in [-0.4, -0.2) is 71.6 Å². The van der Waals surface area contributed by atoms with Crippen LogP contribution in [0, 0.1) is 13.8 Å². The number of benzene rings is 2. The molecular formula is C25H27N3O4. The number of ether oxygens (including phenoxy) is 2. The standard InChI is InChI=1S/C25H27N3O4/c1-17-18(2)28(20-8-4-3-7-19(17)20)24(29)15-26-11-13-27(14-12-26)25(30)23-16-31-21-9-5-6-10-22(21)32-23/h3-10,23H,11-16H2,1-2H3. The van der Waals surface area contributed by atoms with Gasteiger partial charge in [0.1, 0.15) is 6.61 Å². The number of aryl methyl sites for hydroxylation is 1. The Labute approximate surface area is 187 Å². The first-order valence-electron chi connectivity index (χ1n) is 11.0. The molecule has 7 heteroatoms. The topological polar surface area (TPSA) is 64.0 Å². The van der Waals surface area contributed by atoms with Crippen molar-refractivity contribution in [1.29, 1.82) is 0 Å². The summed E-state index contributed by atoms with van der Waals surface area (Å²) in [5.74, 6) is 1.27. The summed E-state index contributed by atoms with van der Waals surface area (Å²) in [5, 5.41) is 1.12. The molecule has 2 aliphatic rings. The van der Waals surface area contributed by atoms with Crippen LogP contribution < -0.4 is 9.47 Å². The molecule has 5 rings (SSSR count). The molecule has 0 bridgehead atoms. The number of carbonyl (C=O) groups excluding carboxylic acids is 2. The van der Waals surface area contributed by atoms with Crippen molar-refractivity contribution in [2.75, 3.05) is 39.3 Å². The van der Waals surface area contributed by atoms with E-state index >= 15 is 0 Å². The van der Waals surface area contributed by atoms with Gasteiger partial charge in [0.05, 0.1) is 12.1 Å². The highest BCUT2D eigenvalue weighted by molar-refractivity contribution is 5.96. The van der Waals surface area contributed by atoms with Crippen molar-refractivity contribution in [3.8, 4) is 11.5 Å². The lowest BCUT2D eigenvalue weighted by atomic mass is 10.2. The minimum Gasteiger partial charge on any atom is -0.485 e. The maximum atomic E-state index is 13.1. The van der Waals surface area contributed by atoms with Gasteiger partial charge in [-0.15, -0.1) is 0 Å². The number of fused-ring (bicyclic) bond motifs is 2. The van der Waals surface area contributed by atoms with Gasteiger partial charge in [0.2, 0.25) is 12.0 Å². The van der Waals surface area contributed by atoms with Crippen molar-refractivity contribution in [2.24, 2.45) is 0 Å². The third-order valence-corrected chi connectivity index (χ3v) is 6.50. The molecule has 1 fully saturated rings. The van der Waals surface area contributed by atoms with Crippen LogP contribution in [0.25, 0.3) is 10.9 Å². The van der Waals surface area contributed by atoms with Crippen molar-refractivity contribution in [3.63, 3.8) is 0 Å². The molecule has 1 saturated heterocycles. The molecule has 0 saturated carbocycles. The molecule has 0 N–H and O–H groups in total. The maximum Gasteiger partial charge on any atom is 0.267 e. The lowest BCUT2D eigenvalue weighted by Gasteiger charge is -2.36. The molecular weight excluding hydrogens is 406 g/mol. The Bertz CT molecular complexity index is 1180. The first-order chi connectivity index (χ1) is 15.5. The molecule has 0 aliphatic carbocycles. The Morgan fingerprint density at radius 3 is 2.41 bits per heavy atom. The number of piperazine rings is 1. The van der Waals surface area contributed by atoms with Crippen molar-refractivity contribution in [1.82, 2.24) is 14.4 Å². The van der Waals surface area contributed by atoms with Gasteiger partial charge in [0.25, 0.3) is 5.91 Å². The monoisotopic (exact) mass is 433 g/mol. The lowest BCUT2D eigenvalue weighted by Crippen LogP contribution is -2.54. The fraction of sp³-hybridized carbons (Fsp3) is 0.360. The van der Waals surface area contributed by atoms with E-state index in [-0.39, 0.29) is 18.4 Å². The van der Waals surface area contributed by atoms with Crippen molar-refractivity contribution < 1.29 is 19.1 Å². The molecule has 0 radical (unpaired) electrons. The van der Waals surface area contributed by atoms with Gasteiger partial charge < -0.3 is 14.4 Å². The number of hydrogen-bond acceptors (Lipinski definition) is 5. The smallest absolute Gasteiger partial charge is 0.267 e. The molecule has 7 nitrogen and oxygen atoms in total. The van der Waals surface area contributed by atoms with Gasteiger partial charge in [0.15, 0.2) is 11.5 Å². The summed E-state index contributed by atoms with van der Waals surface area (Å²) in [6, 6.07) is 15.4. The van der Waals surface area contributed by atoms with E-state index < -0.39 is 6.10 Å². The van der Waals surface area contributed by atoms with E-state index in [2.05, 4.69) is 17.9 Å². The molecule has 2 aliphatic heterocycles. The van der Waals surface area contributed by atoms with Crippen LogP contribution in [0.3, 0.4) is 0 Å². The van der Waals surface area contributed by atoms with Crippen LogP contribution in [0.5, 0.6) is 11.5 Å². The Balaban J connectivity index is 1.20. The van der Waals surface area contributed by atoms with Crippen molar-refractivity contribution >= 4 is 22.7 Å². The average Bonchev–Trinajstić information content (AvgIpc) is 3.09. The first kappa shape index (κ1) is 20.6. The summed E-state index contributed by atoms with van der Waals surface area (Å²) >= 11 is 0. The van der Waals surface area contributed by atoms with Gasteiger partial charge in [-0.1, -0.05) is 30.3 Å². The number of carbonyl (C=O) groups is 2. The number of nitrogens with zero attached hydrogens (tertiary/aromatic N) is 3. The predicted molar refractivity (Wildman–Crippen MR) is 121 cm³/mol. The molecule has 2 aromatic carbocycles. The van der Waals surface area contributed by atoms with Gasteiger partial charge in [-0.3, -0.25) is 19.1 Å². The van der Waals surface area contributed by atoms with Crippen LogP contribution >= 0.6 is 0 Å². The van der Waals surface area contributed by atoms with Gasteiger partial charge >= 0.3 is 0 Å². The summed E-state index contributed by atoms with van der Waals surface area (Å²) in [6.07, 6.45) is -0.630. The van der Waals surface area contributed by atoms with E-state index in [1.165, 1.54) is 0 Å². The van der Waals surface area contributed by atoms with Crippen LogP contribution in [0.4, 0.5) is 0 Å². The highest BCUT2D eigenvalue weighted by atomic mass is 16.6. The number of aromatic nitrogens is 1. The zero-order chi connectivity index (χ0) is 22.2. The molecule has 1 aromatic heterocycles. The maximum absolute atomic E-state index is 13.1. The van der Waals surface area contributed by atoms with E-state index in [0.717, 1.165) is 22.2 Å². The molecule has 32 heavy (non-hydrogen) atoms. The summed E-state index contributed by atoms with van der Waals surface area (Å²) in [5.41, 5.74) is 3.08. The molecule has 3 heterocycles. The third kappa shape index (κ3) is 3.62. The largest absolute Gasteiger partial charge is 0.485 e. The Morgan fingerprint density at radius 1 is 0.938 bits per heavy atom. The van der Waals surface area contributed by atoms with E-state index in [9.17, 15) is 9.59 Å². The average molecular weight is 434 g/mol. The van der Waals surface area contributed by atoms with Gasteiger partial charge in [-0.2, -0.15) is 0 Å². The van der Waals surface area contributed by atoms with E-state index in [4.69, 9.17) is 9.47 Å². The zero-order valence-corrected chi connectivity index (χ0v) is 18.4. The van der Waals surface area contributed by atoms with Gasteiger partial charge in [-0.25, -0.2) is 0 Å². The highest BCUT2D eigenvalue weighted by Gasteiger charge is 2.33. The third-order valence-electron chi connectivity index (χ3n) is 6.50. The summed E-state index contributed by atoms with van der Waals surface area (Å²) in [6.45, 7) is 7.04. The molecule has 1 atom stereocenters. The number of para-hydroxylation sites is 3. The number of amides is 1. The highest BCUT2D eigenvalue weighted by Crippen LogP contribution is 2.31. The SMILES string of the molecule is Cc1c(C)n(C(=O)CN2CCN(C(=O)C3COc4ccccc4O3)CC2)c2ccccc12. The fourth-order valence-corrected chi connectivity index (χ4v) is 4.58. The fourth-order valence-electron chi connectivity index (χ4n) is 4.58. The molecule has 166 valence electrons. The number of hydrogen-bond donors (Lipinski definition) is 0. The Morgan fingerprint density at radius 2 is 1.62 bits per heavy atom. The number of rotatable bonds is 3. The van der Waals surface area contributed by atoms with Crippen LogP contribution in [-0.2, 0) is 4.79 Å². The quantitative estimate of drug-likeness (QED) is 0.636. The zero-order valence-electron chi connectivity index (χ0n) is 18.4. The minimum absolute atomic E-state index is 0.0617. The molecule has 1 amide bonds. The summed E-state index contributed by atoms with van der Waals surface area (Å²) in [4.78, 5) is 30.0. The second-order valence-electron chi connectivity index (χ2n) is 8.42. The minimum atomic E-state index is -0.630. The van der Waals surface area contributed by atoms with Gasteiger partial charge in [-0.05, 0) is 37.6 Å². The second kappa shape index (κ2) is 8.31. The van der Waals surface area contributed by atoms with Gasteiger partial charge in [0, 0.05) is 37.3 Å². The van der Waals surface area contributed by atoms with Crippen LogP contribution in [0.2, 0.25) is 0 Å². The summed E-state index contributed by atoms with van der Waals surface area (Å²) < 4.78 is 13.4. The second-order valence-corrected chi connectivity index (χ2v) is 8.42. The van der Waals surface area contributed by atoms with Crippen LogP contribution in [0.15, 0.2) is 48.5 Å². The summed E-state index contributed by atoms with van der Waals surface area (Å²) in [7, 11) is 0. The van der Waals surface area contributed by atoms with E-state index in [0.29, 0.717) is 44.2 Å². The molecule has 1 unspecified atom stereocenters. The van der Waals surface area contributed by atoms with E-state index in [1.54, 1.807) is 0 Å². The van der Waals surface area contributed by atoms with Crippen LogP contribution in [0.1, 0.15) is 16.1 Å². The van der Waals surface area contributed by atoms with E-state index in [1.807, 2.05) is 58.9 Å². The Kier molecular flexibility index (Phi) is 5.35. The van der Waals surface area contributed by atoms with Crippen molar-refractivity contribution in [2.45, 2.75) is 20.0 Å². The normalized spacial score (nSPS) is 18.7. The lowest BCUT2D eigenvalue weighted by molar-refractivity contribution is -0.142. The first-order valence-corrected chi connectivity index (χ1v) is 11.0. The molecule has 3 aromatic rings. The molecule has 0 spiro atoms.